The number of aromatic nitrogens is 2. The molecule has 0 spiro atoms. The van der Waals surface area contributed by atoms with Crippen LogP contribution < -0.4 is 10.4 Å². The molecule has 1 N–H and O–H groups in total. The number of aryl methyl sites for hydroxylation is 1. The first-order valence-electron chi connectivity index (χ1n) is 7.63. The van der Waals surface area contributed by atoms with Crippen molar-refractivity contribution in [1.82, 2.24) is 9.55 Å². The van der Waals surface area contributed by atoms with E-state index in [-0.39, 0.29) is 5.69 Å². The first-order chi connectivity index (χ1) is 10.7. The van der Waals surface area contributed by atoms with E-state index >= 15 is 0 Å². The van der Waals surface area contributed by atoms with Gasteiger partial charge in [0.25, 0.3) is 0 Å². The van der Waals surface area contributed by atoms with Crippen LogP contribution in [0.4, 0.5) is 0 Å². The second-order valence-corrected chi connectivity index (χ2v) is 5.48. The van der Waals surface area contributed by atoms with Gasteiger partial charge in [-0.25, -0.2) is 4.79 Å². The van der Waals surface area contributed by atoms with Crippen molar-refractivity contribution in [2.24, 2.45) is 0 Å². The number of H-pyrrole nitrogens is 1. The van der Waals surface area contributed by atoms with Crippen molar-refractivity contribution in [2.45, 2.75) is 26.7 Å². The maximum atomic E-state index is 12.2. The zero-order valence-electron chi connectivity index (χ0n) is 12.9. The second kappa shape index (κ2) is 6.10. The van der Waals surface area contributed by atoms with Crippen LogP contribution >= 0.6 is 0 Å². The number of hydrogen-bond donors (Lipinski definition) is 1. The predicted octanol–water partition coefficient (Wildman–Crippen LogP) is 3.81. The van der Waals surface area contributed by atoms with Crippen molar-refractivity contribution >= 4 is 11.0 Å². The molecule has 4 nitrogen and oxygen atoms in total. The van der Waals surface area contributed by atoms with Gasteiger partial charge < -0.3 is 9.72 Å². The Labute approximate surface area is 129 Å². The molecular formula is C18H20N2O2. The Hall–Kier alpha value is -2.49. The van der Waals surface area contributed by atoms with Gasteiger partial charge in [0.15, 0.2) is 0 Å². The van der Waals surface area contributed by atoms with E-state index in [2.05, 4.69) is 11.9 Å². The Morgan fingerprint density at radius 3 is 2.64 bits per heavy atom. The summed E-state index contributed by atoms with van der Waals surface area (Å²) < 4.78 is 7.35. The van der Waals surface area contributed by atoms with Crippen LogP contribution in [-0.2, 0) is 0 Å². The minimum atomic E-state index is -0.125. The maximum absolute atomic E-state index is 12.2. The van der Waals surface area contributed by atoms with Crippen LogP contribution in [-0.4, -0.2) is 16.2 Å². The number of unbranched alkanes of at least 4 members (excludes halogenated alkanes) is 1. The molecule has 0 atom stereocenters. The molecule has 0 aliphatic carbocycles. The van der Waals surface area contributed by atoms with Crippen LogP contribution in [0.2, 0.25) is 0 Å². The molecule has 0 bridgehead atoms. The minimum absolute atomic E-state index is 0.125. The van der Waals surface area contributed by atoms with Gasteiger partial charge >= 0.3 is 5.69 Å². The smallest absolute Gasteiger partial charge is 0.331 e. The van der Waals surface area contributed by atoms with Crippen LogP contribution in [0.3, 0.4) is 0 Å². The second-order valence-electron chi connectivity index (χ2n) is 5.48. The van der Waals surface area contributed by atoms with E-state index in [1.54, 1.807) is 4.57 Å². The van der Waals surface area contributed by atoms with E-state index < -0.39 is 0 Å². The summed E-state index contributed by atoms with van der Waals surface area (Å²) in [5.41, 5.74) is 3.58. The molecule has 0 aliphatic heterocycles. The topological polar surface area (TPSA) is 47.0 Å². The third-order valence-corrected chi connectivity index (χ3v) is 3.70. The SMILES string of the molecule is CCCCOc1ccc(-n2c(=O)[nH]c3ccc(C)cc32)cc1. The van der Waals surface area contributed by atoms with Crippen molar-refractivity contribution in [3.8, 4) is 11.4 Å². The third-order valence-electron chi connectivity index (χ3n) is 3.70. The van der Waals surface area contributed by atoms with E-state index in [4.69, 9.17) is 4.74 Å². The number of hydrogen-bond acceptors (Lipinski definition) is 2. The van der Waals surface area contributed by atoms with Gasteiger partial charge in [0.05, 0.1) is 23.3 Å². The van der Waals surface area contributed by atoms with E-state index in [0.29, 0.717) is 0 Å². The van der Waals surface area contributed by atoms with E-state index in [1.807, 2.05) is 49.4 Å². The maximum Gasteiger partial charge on any atom is 0.331 e. The summed E-state index contributed by atoms with van der Waals surface area (Å²) in [5.74, 6) is 0.835. The van der Waals surface area contributed by atoms with E-state index in [1.165, 1.54) is 0 Å². The summed E-state index contributed by atoms with van der Waals surface area (Å²) in [4.78, 5) is 15.1. The lowest BCUT2D eigenvalue weighted by Crippen LogP contribution is -2.14. The van der Waals surface area contributed by atoms with Gasteiger partial charge in [-0.3, -0.25) is 4.57 Å². The molecule has 3 aromatic rings. The summed E-state index contributed by atoms with van der Waals surface area (Å²) in [6.45, 7) is 4.88. The third kappa shape index (κ3) is 2.77. The summed E-state index contributed by atoms with van der Waals surface area (Å²) in [7, 11) is 0. The molecule has 3 rings (SSSR count). The number of rotatable bonds is 5. The fourth-order valence-corrected chi connectivity index (χ4v) is 2.50. The molecule has 0 aliphatic rings. The van der Waals surface area contributed by atoms with Gasteiger partial charge in [-0.1, -0.05) is 19.4 Å². The van der Waals surface area contributed by atoms with Crippen LogP contribution in [0.25, 0.3) is 16.7 Å². The lowest BCUT2D eigenvalue weighted by molar-refractivity contribution is 0.309. The van der Waals surface area contributed by atoms with Crippen LogP contribution in [0.5, 0.6) is 5.75 Å². The highest BCUT2D eigenvalue weighted by Gasteiger charge is 2.08. The first kappa shape index (κ1) is 14.4. The molecule has 114 valence electrons. The zero-order chi connectivity index (χ0) is 15.5. The number of fused-ring (bicyclic) bond motifs is 1. The molecule has 0 amide bonds. The molecule has 0 unspecified atom stereocenters. The lowest BCUT2D eigenvalue weighted by Gasteiger charge is -2.07. The molecule has 0 saturated heterocycles. The monoisotopic (exact) mass is 296 g/mol. The molecule has 4 heteroatoms. The molecule has 2 aromatic carbocycles. The van der Waals surface area contributed by atoms with Crippen LogP contribution in [0, 0.1) is 6.92 Å². The summed E-state index contributed by atoms with van der Waals surface area (Å²) in [5, 5.41) is 0. The van der Waals surface area contributed by atoms with Crippen molar-refractivity contribution < 1.29 is 4.74 Å². The fourth-order valence-electron chi connectivity index (χ4n) is 2.50. The van der Waals surface area contributed by atoms with Gasteiger partial charge in [0.1, 0.15) is 5.75 Å². The van der Waals surface area contributed by atoms with Crippen molar-refractivity contribution in [3.63, 3.8) is 0 Å². The highest BCUT2D eigenvalue weighted by molar-refractivity contribution is 5.78. The van der Waals surface area contributed by atoms with Gasteiger partial charge in [-0.05, 0) is 55.3 Å². The summed E-state index contributed by atoms with van der Waals surface area (Å²) in [6, 6.07) is 13.6. The van der Waals surface area contributed by atoms with Gasteiger partial charge in [-0.2, -0.15) is 0 Å². The van der Waals surface area contributed by atoms with Crippen molar-refractivity contribution in [1.29, 1.82) is 0 Å². The Bertz CT molecular complexity index is 828. The molecular weight excluding hydrogens is 276 g/mol. The average Bonchev–Trinajstić information content (AvgIpc) is 2.84. The predicted molar refractivity (Wildman–Crippen MR) is 89.0 cm³/mol. The summed E-state index contributed by atoms with van der Waals surface area (Å²) >= 11 is 0. The van der Waals surface area contributed by atoms with Gasteiger partial charge in [0.2, 0.25) is 0 Å². The Kier molecular flexibility index (Phi) is 4.00. The lowest BCUT2D eigenvalue weighted by atomic mass is 10.2. The molecule has 0 fully saturated rings. The van der Waals surface area contributed by atoms with Crippen molar-refractivity contribution in [2.75, 3.05) is 6.61 Å². The van der Waals surface area contributed by atoms with Crippen LogP contribution in [0.15, 0.2) is 47.3 Å². The number of benzene rings is 2. The van der Waals surface area contributed by atoms with Crippen molar-refractivity contribution in [3.05, 3.63) is 58.5 Å². The fraction of sp³-hybridized carbons (Fsp3) is 0.278. The average molecular weight is 296 g/mol. The highest BCUT2D eigenvalue weighted by Crippen LogP contribution is 2.19. The van der Waals surface area contributed by atoms with Gasteiger partial charge in [-0.15, -0.1) is 0 Å². The standard InChI is InChI=1S/C18H20N2O2/c1-3-4-11-22-15-8-6-14(7-9-15)20-17-12-13(2)5-10-16(17)19-18(20)21/h5-10,12H,3-4,11H2,1-2H3,(H,19,21). The highest BCUT2D eigenvalue weighted by atomic mass is 16.5. The molecule has 22 heavy (non-hydrogen) atoms. The molecule has 1 heterocycles. The number of imidazole rings is 1. The number of aromatic amines is 1. The minimum Gasteiger partial charge on any atom is -0.494 e. The van der Waals surface area contributed by atoms with E-state index in [0.717, 1.165) is 47.5 Å². The quantitative estimate of drug-likeness (QED) is 0.728. The van der Waals surface area contributed by atoms with Crippen LogP contribution in [0.1, 0.15) is 25.3 Å². The molecule has 0 saturated carbocycles. The van der Waals surface area contributed by atoms with E-state index in [9.17, 15) is 4.79 Å². The first-order valence-corrected chi connectivity index (χ1v) is 7.63. The van der Waals surface area contributed by atoms with Gasteiger partial charge in [0, 0.05) is 0 Å². The molecule has 1 aromatic heterocycles. The Morgan fingerprint density at radius 2 is 1.91 bits per heavy atom. The molecule has 0 radical (unpaired) electrons. The Morgan fingerprint density at radius 1 is 1.14 bits per heavy atom. The number of ether oxygens (including phenoxy) is 1. The normalized spacial score (nSPS) is 11.0. The summed E-state index contributed by atoms with van der Waals surface area (Å²) in [6.07, 6.45) is 2.16. The number of nitrogens with one attached hydrogen (secondary N) is 1. The largest absolute Gasteiger partial charge is 0.494 e. The zero-order valence-corrected chi connectivity index (χ0v) is 12.9. The Balaban J connectivity index is 1.95. The number of nitrogens with zero attached hydrogens (tertiary/aromatic N) is 1.